The first-order chi connectivity index (χ1) is 9.88. The zero-order valence-corrected chi connectivity index (χ0v) is 12.5. The first-order valence-corrected chi connectivity index (χ1v) is 6.85. The number of hydrogen-bond donors (Lipinski definition) is 3. The summed E-state index contributed by atoms with van der Waals surface area (Å²) in [4.78, 5) is 11.2. The lowest BCUT2D eigenvalue weighted by molar-refractivity contribution is 0.0698. The van der Waals surface area contributed by atoms with Gasteiger partial charge in [0.25, 0.3) is 0 Å². The summed E-state index contributed by atoms with van der Waals surface area (Å²) in [7, 11) is 0. The fourth-order valence-corrected chi connectivity index (χ4v) is 2.25. The molecule has 0 aliphatic rings. The molecule has 2 aromatic rings. The van der Waals surface area contributed by atoms with Crippen LogP contribution in [0.25, 0.3) is 0 Å². The van der Waals surface area contributed by atoms with Crippen LogP contribution in [0, 0.1) is 13.8 Å². The summed E-state index contributed by atoms with van der Waals surface area (Å²) in [6.07, 6.45) is 0. The quantitative estimate of drug-likeness (QED) is 0.747. The molecule has 0 amide bonds. The number of carboxylic acids is 1. The van der Waals surface area contributed by atoms with E-state index in [1.807, 2.05) is 26.8 Å². The number of rotatable bonds is 4. The molecule has 2 aromatic carbocycles. The van der Waals surface area contributed by atoms with Gasteiger partial charge in [0.05, 0.1) is 5.56 Å². The molecule has 0 heterocycles. The molecule has 0 bridgehead atoms. The van der Waals surface area contributed by atoms with Crippen LogP contribution in [0.15, 0.2) is 36.4 Å². The normalized spacial score (nSPS) is 12.0. The molecule has 110 valence electrons. The Balaban J connectivity index is 2.27. The van der Waals surface area contributed by atoms with Crippen molar-refractivity contribution in [2.45, 2.75) is 26.8 Å². The summed E-state index contributed by atoms with van der Waals surface area (Å²) >= 11 is 0. The van der Waals surface area contributed by atoms with Gasteiger partial charge in [-0.15, -0.1) is 0 Å². The fourth-order valence-electron chi connectivity index (χ4n) is 2.25. The predicted molar refractivity (Wildman–Crippen MR) is 85.8 cm³/mol. The molecular formula is C17H20N2O2. The van der Waals surface area contributed by atoms with Crippen LogP contribution < -0.4 is 11.1 Å². The molecule has 21 heavy (non-hydrogen) atoms. The maximum absolute atomic E-state index is 11.2. The summed E-state index contributed by atoms with van der Waals surface area (Å²) in [6, 6.07) is 11.8. The molecule has 0 radical (unpaired) electrons. The highest BCUT2D eigenvalue weighted by molar-refractivity contribution is 5.95. The van der Waals surface area contributed by atoms with E-state index >= 15 is 0 Å². The van der Waals surface area contributed by atoms with E-state index in [9.17, 15) is 9.90 Å². The largest absolute Gasteiger partial charge is 0.478 e. The molecule has 0 aromatic heterocycles. The van der Waals surface area contributed by atoms with E-state index in [0.717, 1.165) is 16.8 Å². The zero-order valence-electron chi connectivity index (χ0n) is 12.5. The van der Waals surface area contributed by atoms with Crippen LogP contribution in [0.1, 0.15) is 40.0 Å². The molecule has 4 N–H and O–H groups in total. The third-order valence-corrected chi connectivity index (χ3v) is 3.58. The van der Waals surface area contributed by atoms with Crippen molar-refractivity contribution in [3.63, 3.8) is 0 Å². The molecule has 0 fully saturated rings. The van der Waals surface area contributed by atoms with E-state index in [0.29, 0.717) is 5.69 Å². The molecule has 4 heteroatoms. The van der Waals surface area contributed by atoms with Crippen LogP contribution >= 0.6 is 0 Å². The van der Waals surface area contributed by atoms with E-state index in [1.54, 1.807) is 6.07 Å². The maximum atomic E-state index is 11.2. The van der Waals surface area contributed by atoms with E-state index < -0.39 is 5.97 Å². The van der Waals surface area contributed by atoms with E-state index in [1.165, 1.54) is 5.56 Å². The Kier molecular flexibility index (Phi) is 4.17. The van der Waals surface area contributed by atoms with Gasteiger partial charge in [0.1, 0.15) is 0 Å². The zero-order chi connectivity index (χ0) is 15.6. The van der Waals surface area contributed by atoms with Crippen LogP contribution in [-0.4, -0.2) is 11.1 Å². The average molecular weight is 284 g/mol. The molecular weight excluding hydrogens is 264 g/mol. The molecule has 0 saturated carbocycles. The summed E-state index contributed by atoms with van der Waals surface area (Å²) in [5.41, 5.74) is 10.1. The van der Waals surface area contributed by atoms with Crippen LogP contribution in [0.3, 0.4) is 0 Å². The SMILES string of the molecule is Cc1ccc(C(C)Nc2cc(C)c(N)c(C(=O)O)c2)cc1. The minimum Gasteiger partial charge on any atom is -0.478 e. The van der Waals surface area contributed by atoms with Crippen molar-refractivity contribution in [1.29, 1.82) is 0 Å². The number of benzene rings is 2. The molecule has 0 aliphatic heterocycles. The molecule has 1 unspecified atom stereocenters. The third kappa shape index (κ3) is 3.34. The Morgan fingerprint density at radius 3 is 2.38 bits per heavy atom. The highest BCUT2D eigenvalue weighted by atomic mass is 16.4. The molecule has 0 aliphatic carbocycles. The number of anilines is 2. The fraction of sp³-hybridized carbons (Fsp3) is 0.235. The van der Waals surface area contributed by atoms with Crippen molar-refractivity contribution in [2.75, 3.05) is 11.1 Å². The Bertz CT molecular complexity index is 663. The van der Waals surface area contributed by atoms with Gasteiger partial charge in [0, 0.05) is 17.4 Å². The van der Waals surface area contributed by atoms with Crippen LogP contribution in [0.5, 0.6) is 0 Å². The van der Waals surface area contributed by atoms with Gasteiger partial charge in [-0.3, -0.25) is 0 Å². The van der Waals surface area contributed by atoms with Gasteiger partial charge in [-0.05, 0) is 44.0 Å². The van der Waals surface area contributed by atoms with Crippen molar-refractivity contribution in [1.82, 2.24) is 0 Å². The second-order valence-electron chi connectivity index (χ2n) is 5.34. The van der Waals surface area contributed by atoms with Crippen molar-refractivity contribution >= 4 is 17.3 Å². The van der Waals surface area contributed by atoms with Gasteiger partial charge in [-0.2, -0.15) is 0 Å². The minimum atomic E-state index is -1.01. The minimum absolute atomic E-state index is 0.0790. The van der Waals surface area contributed by atoms with Crippen molar-refractivity contribution in [3.8, 4) is 0 Å². The smallest absolute Gasteiger partial charge is 0.337 e. The standard InChI is InChI=1S/C17H20N2O2/c1-10-4-6-13(7-5-10)12(3)19-14-8-11(2)16(18)15(9-14)17(20)21/h4-9,12,19H,18H2,1-3H3,(H,20,21). The lowest BCUT2D eigenvalue weighted by atomic mass is 10.0. The number of carbonyl (C=O) groups is 1. The Labute approximate surface area is 124 Å². The van der Waals surface area contributed by atoms with Gasteiger partial charge in [0.2, 0.25) is 0 Å². The Morgan fingerprint density at radius 1 is 1.19 bits per heavy atom. The van der Waals surface area contributed by atoms with Gasteiger partial charge < -0.3 is 16.2 Å². The first kappa shape index (κ1) is 14.9. The van der Waals surface area contributed by atoms with Crippen LogP contribution in [0.4, 0.5) is 11.4 Å². The summed E-state index contributed by atoms with van der Waals surface area (Å²) in [6.45, 7) is 5.89. The highest BCUT2D eigenvalue weighted by Crippen LogP contribution is 2.26. The number of nitrogen functional groups attached to an aromatic ring is 1. The van der Waals surface area contributed by atoms with Crippen molar-refractivity contribution in [3.05, 3.63) is 58.7 Å². The van der Waals surface area contributed by atoms with Gasteiger partial charge in [-0.25, -0.2) is 4.79 Å². The molecule has 2 rings (SSSR count). The number of nitrogens with one attached hydrogen (secondary N) is 1. The maximum Gasteiger partial charge on any atom is 0.337 e. The summed E-state index contributed by atoms with van der Waals surface area (Å²) < 4.78 is 0. The molecule has 0 spiro atoms. The molecule has 1 atom stereocenters. The molecule has 4 nitrogen and oxygen atoms in total. The van der Waals surface area contributed by atoms with E-state index in [4.69, 9.17) is 5.73 Å². The number of nitrogens with two attached hydrogens (primary N) is 1. The summed E-state index contributed by atoms with van der Waals surface area (Å²) in [5, 5.41) is 12.5. The van der Waals surface area contributed by atoms with E-state index in [2.05, 4.69) is 29.6 Å². The van der Waals surface area contributed by atoms with Gasteiger partial charge >= 0.3 is 5.97 Å². The predicted octanol–water partition coefficient (Wildman–Crippen LogP) is 3.76. The van der Waals surface area contributed by atoms with Gasteiger partial charge in [-0.1, -0.05) is 29.8 Å². The molecule has 0 saturated heterocycles. The van der Waals surface area contributed by atoms with Crippen LogP contribution in [-0.2, 0) is 0 Å². The lowest BCUT2D eigenvalue weighted by Crippen LogP contribution is -2.10. The topological polar surface area (TPSA) is 75.3 Å². The van der Waals surface area contributed by atoms with Crippen molar-refractivity contribution < 1.29 is 9.90 Å². The van der Waals surface area contributed by atoms with Crippen LogP contribution in [0.2, 0.25) is 0 Å². The second kappa shape index (κ2) is 5.87. The Morgan fingerprint density at radius 2 is 1.81 bits per heavy atom. The number of aryl methyl sites for hydroxylation is 2. The number of carboxylic acid groups (broad SMARTS) is 1. The average Bonchev–Trinajstić information content (AvgIpc) is 2.43. The Hall–Kier alpha value is -2.49. The third-order valence-electron chi connectivity index (χ3n) is 3.58. The monoisotopic (exact) mass is 284 g/mol. The second-order valence-corrected chi connectivity index (χ2v) is 5.34. The van der Waals surface area contributed by atoms with Crippen molar-refractivity contribution in [2.24, 2.45) is 0 Å². The first-order valence-electron chi connectivity index (χ1n) is 6.85. The van der Waals surface area contributed by atoms with E-state index in [-0.39, 0.29) is 11.6 Å². The highest BCUT2D eigenvalue weighted by Gasteiger charge is 2.13. The number of hydrogen-bond acceptors (Lipinski definition) is 3. The number of aromatic carboxylic acids is 1. The van der Waals surface area contributed by atoms with Gasteiger partial charge in [0.15, 0.2) is 0 Å². The lowest BCUT2D eigenvalue weighted by Gasteiger charge is -2.18. The summed E-state index contributed by atoms with van der Waals surface area (Å²) in [5.74, 6) is -1.01.